The molecule has 0 saturated heterocycles. The Morgan fingerprint density at radius 2 is 2.09 bits per heavy atom. The summed E-state index contributed by atoms with van der Waals surface area (Å²) in [6.07, 6.45) is 6.84. The maximum Gasteiger partial charge on any atom is 0.262 e. The van der Waals surface area contributed by atoms with Gasteiger partial charge in [0.15, 0.2) is 0 Å². The van der Waals surface area contributed by atoms with E-state index in [2.05, 4.69) is 18.8 Å². The highest BCUT2D eigenvalue weighted by Gasteiger charge is 2.16. The molecule has 0 aliphatic carbocycles. The number of unbranched alkanes of at least 4 members (excludes halogenated alkanes) is 1. The number of aromatic nitrogens is 2. The first-order valence-electron chi connectivity index (χ1n) is 10.7. The zero-order valence-corrected chi connectivity index (χ0v) is 19.2. The normalized spacial score (nSPS) is 11.0. The molecule has 0 atom stereocenters. The van der Waals surface area contributed by atoms with Crippen molar-refractivity contribution < 1.29 is 9.53 Å². The lowest BCUT2D eigenvalue weighted by molar-refractivity contribution is -0.116. The summed E-state index contributed by atoms with van der Waals surface area (Å²) in [6.45, 7) is 6.54. The van der Waals surface area contributed by atoms with Crippen molar-refractivity contribution in [2.24, 2.45) is 0 Å². The maximum absolute atomic E-state index is 12.4. The van der Waals surface area contributed by atoms with E-state index >= 15 is 0 Å². The Morgan fingerprint density at radius 1 is 1.30 bits per heavy atom. The minimum atomic E-state index is -0.478. The fourth-order valence-electron chi connectivity index (χ4n) is 3.09. The van der Waals surface area contributed by atoms with Gasteiger partial charge in [0.05, 0.1) is 17.3 Å². The third-order valence-corrected chi connectivity index (χ3v) is 5.09. The van der Waals surface area contributed by atoms with Crippen molar-refractivity contribution in [3.8, 4) is 28.8 Å². The number of benzene rings is 2. The van der Waals surface area contributed by atoms with Gasteiger partial charge in [-0.05, 0) is 42.8 Å². The molecule has 2 aromatic carbocycles. The molecule has 1 heterocycles. The van der Waals surface area contributed by atoms with E-state index in [-0.39, 0.29) is 12.1 Å². The van der Waals surface area contributed by atoms with Crippen LogP contribution in [-0.4, -0.2) is 28.8 Å². The predicted octanol–water partition coefficient (Wildman–Crippen LogP) is 5.58. The van der Waals surface area contributed by atoms with E-state index < -0.39 is 5.91 Å². The molecule has 0 saturated carbocycles. The number of ether oxygens (including phenoxy) is 1. The first-order valence-corrected chi connectivity index (χ1v) is 11.0. The highest BCUT2D eigenvalue weighted by molar-refractivity contribution is 6.32. The van der Waals surface area contributed by atoms with E-state index in [1.54, 1.807) is 23.0 Å². The summed E-state index contributed by atoms with van der Waals surface area (Å²) < 4.78 is 7.46. The number of para-hydroxylation sites is 1. The smallest absolute Gasteiger partial charge is 0.262 e. The summed E-state index contributed by atoms with van der Waals surface area (Å²) in [6, 6.07) is 17.0. The fraction of sp³-hybridized carbons (Fsp3) is 0.192. The van der Waals surface area contributed by atoms with Gasteiger partial charge < -0.3 is 10.1 Å². The van der Waals surface area contributed by atoms with Crippen LogP contribution in [0.2, 0.25) is 5.02 Å². The van der Waals surface area contributed by atoms with Crippen LogP contribution in [0.25, 0.3) is 23.0 Å². The average Bonchev–Trinajstić information content (AvgIpc) is 3.26. The molecule has 3 aromatic rings. The van der Waals surface area contributed by atoms with Crippen LogP contribution in [0.3, 0.4) is 0 Å². The Balaban J connectivity index is 2.04. The second-order valence-corrected chi connectivity index (χ2v) is 7.64. The number of hydrogen-bond donors (Lipinski definition) is 1. The predicted molar refractivity (Wildman–Crippen MR) is 131 cm³/mol. The number of hydrogen-bond acceptors (Lipinski definition) is 4. The second kappa shape index (κ2) is 11.7. The summed E-state index contributed by atoms with van der Waals surface area (Å²) in [7, 11) is 0. The molecule has 0 bridgehead atoms. The van der Waals surface area contributed by atoms with Crippen molar-refractivity contribution in [3.63, 3.8) is 0 Å². The summed E-state index contributed by atoms with van der Waals surface area (Å²) in [4.78, 5) is 12.4. The van der Waals surface area contributed by atoms with E-state index in [1.807, 2.05) is 48.5 Å². The first-order chi connectivity index (χ1) is 16.1. The molecule has 1 N–H and O–H groups in total. The monoisotopic (exact) mass is 460 g/mol. The minimum absolute atomic E-state index is 0.0312. The SMILES string of the molecule is C=CCNC(=O)C(C#N)=Cc1cn(-c2ccccc2)nc1-c1ccc(OCCCC)c(Cl)c1. The number of amides is 1. The lowest BCUT2D eigenvalue weighted by Gasteiger charge is -2.09. The van der Waals surface area contributed by atoms with Crippen LogP contribution < -0.4 is 10.1 Å². The lowest BCUT2D eigenvalue weighted by atomic mass is 10.1. The van der Waals surface area contributed by atoms with Gasteiger partial charge in [-0.3, -0.25) is 4.79 Å². The molecular weight excluding hydrogens is 436 g/mol. The molecule has 1 amide bonds. The topological polar surface area (TPSA) is 79.9 Å². The van der Waals surface area contributed by atoms with Crippen LogP contribution >= 0.6 is 11.6 Å². The van der Waals surface area contributed by atoms with Crippen molar-refractivity contribution >= 4 is 23.6 Å². The van der Waals surface area contributed by atoms with E-state index in [1.165, 1.54) is 6.08 Å². The third kappa shape index (κ3) is 6.12. The molecule has 0 aliphatic rings. The molecule has 168 valence electrons. The van der Waals surface area contributed by atoms with E-state index in [0.29, 0.717) is 28.6 Å². The van der Waals surface area contributed by atoms with Gasteiger partial charge in [0.25, 0.3) is 5.91 Å². The molecule has 6 nitrogen and oxygen atoms in total. The van der Waals surface area contributed by atoms with Crippen LogP contribution in [0, 0.1) is 11.3 Å². The van der Waals surface area contributed by atoms with Gasteiger partial charge in [0, 0.05) is 23.9 Å². The zero-order chi connectivity index (χ0) is 23.6. The molecular formula is C26H25ClN4O2. The van der Waals surface area contributed by atoms with Gasteiger partial charge in [-0.1, -0.05) is 49.2 Å². The largest absolute Gasteiger partial charge is 0.492 e. The number of rotatable bonds is 10. The zero-order valence-electron chi connectivity index (χ0n) is 18.4. The molecule has 3 rings (SSSR count). The molecule has 33 heavy (non-hydrogen) atoms. The average molecular weight is 461 g/mol. The highest BCUT2D eigenvalue weighted by atomic mass is 35.5. The number of carbonyl (C=O) groups excluding carboxylic acids is 1. The van der Waals surface area contributed by atoms with E-state index in [4.69, 9.17) is 21.4 Å². The number of nitrogens with one attached hydrogen (secondary N) is 1. The number of carbonyl (C=O) groups is 1. The van der Waals surface area contributed by atoms with Gasteiger partial charge in [-0.2, -0.15) is 10.4 Å². The standard InChI is InChI=1S/C26H25ClN4O2/c1-3-5-14-33-24-12-11-19(16-23(24)27)25-21(15-20(17-28)26(32)29-13-4-2)18-31(30-25)22-9-7-6-8-10-22/h4,6-12,15-16,18H,2-3,5,13-14H2,1H3,(H,29,32). The van der Waals surface area contributed by atoms with Crippen LogP contribution in [0.15, 0.2) is 73.0 Å². The molecule has 0 spiro atoms. The van der Waals surface area contributed by atoms with Gasteiger partial charge in [0.1, 0.15) is 23.1 Å². The van der Waals surface area contributed by atoms with Crippen molar-refractivity contribution in [1.82, 2.24) is 15.1 Å². The quantitative estimate of drug-likeness (QED) is 0.185. The number of halogens is 1. The van der Waals surface area contributed by atoms with E-state index in [0.717, 1.165) is 24.1 Å². The van der Waals surface area contributed by atoms with Crippen LogP contribution in [-0.2, 0) is 4.79 Å². The number of nitriles is 1. The number of nitrogens with zero attached hydrogens (tertiary/aromatic N) is 3. The van der Waals surface area contributed by atoms with Crippen molar-refractivity contribution in [3.05, 3.63) is 83.5 Å². The Morgan fingerprint density at radius 3 is 2.76 bits per heavy atom. The van der Waals surface area contributed by atoms with Crippen LogP contribution in [0.5, 0.6) is 5.75 Å². The summed E-state index contributed by atoms with van der Waals surface area (Å²) >= 11 is 6.47. The van der Waals surface area contributed by atoms with Crippen LogP contribution in [0.1, 0.15) is 25.3 Å². The van der Waals surface area contributed by atoms with Gasteiger partial charge in [-0.25, -0.2) is 4.68 Å². The van der Waals surface area contributed by atoms with Crippen molar-refractivity contribution in [2.75, 3.05) is 13.2 Å². The summed E-state index contributed by atoms with van der Waals surface area (Å²) in [5, 5.41) is 17.4. The van der Waals surface area contributed by atoms with Crippen LogP contribution in [0.4, 0.5) is 0 Å². The second-order valence-electron chi connectivity index (χ2n) is 7.23. The Hall–Kier alpha value is -3.82. The van der Waals surface area contributed by atoms with E-state index in [9.17, 15) is 10.1 Å². The maximum atomic E-state index is 12.4. The molecule has 0 radical (unpaired) electrons. The Bertz CT molecular complexity index is 1190. The molecule has 0 fully saturated rings. The first kappa shape index (κ1) is 23.8. The molecule has 7 heteroatoms. The third-order valence-electron chi connectivity index (χ3n) is 4.80. The molecule has 0 aliphatic heterocycles. The summed E-state index contributed by atoms with van der Waals surface area (Å²) in [5.74, 6) is 0.128. The highest BCUT2D eigenvalue weighted by Crippen LogP contribution is 2.32. The minimum Gasteiger partial charge on any atom is -0.492 e. The molecule has 0 unspecified atom stereocenters. The van der Waals surface area contributed by atoms with Gasteiger partial charge >= 0.3 is 0 Å². The van der Waals surface area contributed by atoms with Crippen molar-refractivity contribution in [1.29, 1.82) is 5.26 Å². The fourth-order valence-corrected chi connectivity index (χ4v) is 3.32. The van der Waals surface area contributed by atoms with Crippen molar-refractivity contribution in [2.45, 2.75) is 19.8 Å². The lowest BCUT2D eigenvalue weighted by Crippen LogP contribution is -2.24. The van der Waals surface area contributed by atoms with Gasteiger partial charge in [0.2, 0.25) is 0 Å². The summed E-state index contributed by atoms with van der Waals surface area (Å²) in [5.41, 5.74) is 2.76. The Kier molecular flexibility index (Phi) is 8.45. The van der Waals surface area contributed by atoms with Gasteiger partial charge in [-0.15, -0.1) is 6.58 Å². The molecule has 1 aromatic heterocycles. The Labute approximate surface area is 198 Å².